The first-order valence-electron chi connectivity index (χ1n) is 6.01. The fourth-order valence-electron chi connectivity index (χ4n) is 1.93. The normalized spacial score (nSPS) is 14.8. The van der Waals surface area contributed by atoms with E-state index in [4.69, 9.17) is 0 Å². The fraction of sp³-hybridized carbons (Fsp3) is 0.286. The molecule has 0 spiro atoms. The lowest BCUT2D eigenvalue weighted by atomic mass is 10.1. The summed E-state index contributed by atoms with van der Waals surface area (Å²) in [5, 5.41) is 0. The Labute approximate surface area is 104 Å². The first kappa shape index (κ1) is 11.1. The quantitative estimate of drug-likeness (QED) is 0.882. The highest BCUT2D eigenvalue weighted by Gasteiger charge is 2.26. The van der Waals surface area contributed by atoms with Crippen molar-refractivity contribution in [3.05, 3.63) is 51.8 Å². The number of aromatic amines is 1. The van der Waals surface area contributed by atoms with Crippen molar-refractivity contribution >= 4 is 0 Å². The van der Waals surface area contributed by atoms with Gasteiger partial charge in [0.05, 0.1) is 5.69 Å². The number of benzene rings is 1. The molecule has 3 rings (SSSR count). The number of nitrogens with one attached hydrogen (secondary N) is 1. The number of rotatable bonds is 2. The molecule has 0 amide bonds. The van der Waals surface area contributed by atoms with Gasteiger partial charge in [-0.25, -0.2) is 9.37 Å². The van der Waals surface area contributed by atoms with Crippen molar-refractivity contribution in [2.75, 3.05) is 0 Å². The summed E-state index contributed by atoms with van der Waals surface area (Å²) < 4.78 is 13.5. The Hall–Kier alpha value is -1.97. The van der Waals surface area contributed by atoms with Crippen LogP contribution in [0.1, 0.15) is 30.1 Å². The van der Waals surface area contributed by atoms with Crippen LogP contribution in [0, 0.1) is 12.7 Å². The SMILES string of the molecule is Cc1ccc(-c2cc(=O)[nH]c(C3CC3)n2)cc1F. The number of aryl methyl sites for hydroxylation is 1. The number of hydrogen-bond acceptors (Lipinski definition) is 2. The molecule has 1 heterocycles. The second kappa shape index (κ2) is 4.05. The van der Waals surface area contributed by atoms with Crippen LogP contribution >= 0.6 is 0 Å². The molecular formula is C14H13FN2O. The van der Waals surface area contributed by atoms with E-state index in [2.05, 4.69) is 9.97 Å². The van der Waals surface area contributed by atoms with Gasteiger partial charge in [-0.3, -0.25) is 4.79 Å². The van der Waals surface area contributed by atoms with E-state index in [1.54, 1.807) is 19.1 Å². The van der Waals surface area contributed by atoms with Crippen LogP contribution in [0.5, 0.6) is 0 Å². The summed E-state index contributed by atoms with van der Waals surface area (Å²) in [5.41, 5.74) is 1.60. The first-order valence-corrected chi connectivity index (χ1v) is 6.01. The molecule has 0 bridgehead atoms. The second-order valence-corrected chi connectivity index (χ2v) is 4.75. The van der Waals surface area contributed by atoms with Gasteiger partial charge < -0.3 is 4.98 Å². The minimum Gasteiger partial charge on any atom is -0.310 e. The Balaban J connectivity index is 2.09. The van der Waals surface area contributed by atoms with E-state index in [0.29, 0.717) is 22.7 Å². The molecule has 0 saturated heterocycles. The zero-order valence-corrected chi connectivity index (χ0v) is 10.0. The predicted octanol–water partition coefficient (Wildman–Crippen LogP) is 2.76. The molecule has 2 aromatic rings. The monoisotopic (exact) mass is 244 g/mol. The molecule has 0 unspecified atom stereocenters. The number of H-pyrrole nitrogens is 1. The van der Waals surface area contributed by atoms with Crippen molar-refractivity contribution in [1.82, 2.24) is 9.97 Å². The van der Waals surface area contributed by atoms with Gasteiger partial charge in [0.25, 0.3) is 5.56 Å². The van der Waals surface area contributed by atoms with E-state index in [1.807, 2.05) is 0 Å². The van der Waals surface area contributed by atoms with Crippen LogP contribution in [0.15, 0.2) is 29.1 Å². The van der Waals surface area contributed by atoms with Crippen molar-refractivity contribution in [2.45, 2.75) is 25.7 Å². The molecule has 1 N–H and O–H groups in total. The summed E-state index contributed by atoms with van der Waals surface area (Å²) in [6.07, 6.45) is 2.13. The van der Waals surface area contributed by atoms with Crippen LogP contribution in [0.25, 0.3) is 11.3 Å². The van der Waals surface area contributed by atoms with Gasteiger partial charge in [0, 0.05) is 17.5 Å². The molecule has 1 fully saturated rings. The van der Waals surface area contributed by atoms with Gasteiger partial charge in [-0.05, 0) is 31.4 Å². The van der Waals surface area contributed by atoms with E-state index in [1.165, 1.54) is 12.1 Å². The topological polar surface area (TPSA) is 45.8 Å². The largest absolute Gasteiger partial charge is 0.310 e. The maximum absolute atomic E-state index is 13.5. The minimum absolute atomic E-state index is 0.178. The molecule has 1 aliphatic carbocycles. The first-order chi connectivity index (χ1) is 8.63. The summed E-state index contributed by atoms with van der Waals surface area (Å²) in [6.45, 7) is 1.71. The number of halogens is 1. The molecule has 4 heteroatoms. The lowest BCUT2D eigenvalue weighted by molar-refractivity contribution is 0.619. The van der Waals surface area contributed by atoms with Gasteiger partial charge in [-0.1, -0.05) is 12.1 Å². The van der Waals surface area contributed by atoms with Crippen molar-refractivity contribution in [3.63, 3.8) is 0 Å². The zero-order valence-electron chi connectivity index (χ0n) is 10.0. The smallest absolute Gasteiger partial charge is 0.251 e. The summed E-state index contributed by atoms with van der Waals surface area (Å²) in [5.74, 6) is 0.814. The molecule has 0 radical (unpaired) electrons. The lowest BCUT2D eigenvalue weighted by Gasteiger charge is -2.04. The van der Waals surface area contributed by atoms with E-state index in [0.717, 1.165) is 18.7 Å². The van der Waals surface area contributed by atoms with Gasteiger partial charge in [0.2, 0.25) is 0 Å². The second-order valence-electron chi connectivity index (χ2n) is 4.75. The van der Waals surface area contributed by atoms with Crippen molar-refractivity contribution in [2.24, 2.45) is 0 Å². The van der Waals surface area contributed by atoms with Crippen LogP contribution in [-0.4, -0.2) is 9.97 Å². The highest BCUT2D eigenvalue weighted by Crippen LogP contribution is 2.38. The van der Waals surface area contributed by atoms with Crippen molar-refractivity contribution in [3.8, 4) is 11.3 Å². The standard InChI is InChI=1S/C14H13FN2O/c1-8-2-3-10(6-11(8)15)12-7-13(18)17-14(16-12)9-4-5-9/h2-3,6-7,9H,4-5H2,1H3,(H,16,17,18). The molecule has 18 heavy (non-hydrogen) atoms. The van der Waals surface area contributed by atoms with Crippen LogP contribution in [0.2, 0.25) is 0 Å². The molecule has 3 nitrogen and oxygen atoms in total. The molecule has 0 atom stereocenters. The van der Waals surface area contributed by atoms with Crippen molar-refractivity contribution < 1.29 is 4.39 Å². The minimum atomic E-state index is -0.275. The number of hydrogen-bond donors (Lipinski definition) is 1. The van der Waals surface area contributed by atoms with E-state index in [-0.39, 0.29) is 11.4 Å². The van der Waals surface area contributed by atoms with E-state index >= 15 is 0 Å². The van der Waals surface area contributed by atoms with Crippen LogP contribution in [-0.2, 0) is 0 Å². The van der Waals surface area contributed by atoms with Gasteiger partial charge in [0.15, 0.2) is 0 Å². The third-order valence-electron chi connectivity index (χ3n) is 3.19. The van der Waals surface area contributed by atoms with Gasteiger partial charge >= 0.3 is 0 Å². The Morgan fingerprint density at radius 2 is 2.11 bits per heavy atom. The maximum Gasteiger partial charge on any atom is 0.251 e. The van der Waals surface area contributed by atoms with Crippen molar-refractivity contribution in [1.29, 1.82) is 0 Å². The molecule has 92 valence electrons. The van der Waals surface area contributed by atoms with Gasteiger partial charge in [-0.2, -0.15) is 0 Å². The van der Waals surface area contributed by atoms with Crippen LogP contribution in [0.3, 0.4) is 0 Å². The highest BCUT2D eigenvalue weighted by molar-refractivity contribution is 5.59. The molecule has 1 aromatic carbocycles. The van der Waals surface area contributed by atoms with Gasteiger partial charge in [0.1, 0.15) is 11.6 Å². The lowest BCUT2D eigenvalue weighted by Crippen LogP contribution is -2.10. The zero-order chi connectivity index (χ0) is 12.7. The van der Waals surface area contributed by atoms with Crippen LogP contribution in [0.4, 0.5) is 4.39 Å². The summed E-state index contributed by atoms with van der Waals surface area (Å²) >= 11 is 0. The molecule has 1 aromatic heterocycles. The van der Waals surface area contributed by atoms with Gasteiger partial charge in [-0.15, -0.1) is 0 Å². The molecular weight excluding hydrogens is 231 g/mol. The predicted molar refractivity (Wildman–Crippen MR) is 67.0 cm³/mol. The molecule has 1 saturated carbocycles. The number of nitrogens with zero attached hydrogens (tertiary/aromatic N) is 1. The Kier molecular flexibility index (Phi) is 2.51. The Morgan fingerprint density at radius 3 is 2.78 bits per heavy atom. The van der Waals surface area contributed by atoms with E-state index < -0.39 is 0 Å². The third-order valence-corrected chi connectivity index (χ3v) is 3.19. The highest BCUT2D eigenvalue weighted by atomic mass is 19.1. The maximum atomic E-state index is 13.5. The Bertz CT molecular complexity index is 659. The average Bonchev–Trinajstić information content (AvgIpc) is 3.16. The number of aromatic nitrogens is 2. The molecule has 0 aliphatic heterocycles. The summed E-state index contributed by atoms with van der Waals surface area (Å²) in [6, 6.07) is 6.32. The third kappa shape index (κ3) is 2.06. The Morgan fingerprint density at radius 1 is 1.33 bits per heavy atom. The van der Waals surface area contributed by atoms with Crippen LogP contribution < -0.4 is 5.56 Å². The molecule has 1 aliphatic rings. The van der Waals surface area contributed by atoms with E-state index in [9.17, 15) is 9.18 Å². The fourth-order valence-corrected chi connectivity index (χ4v) is 1.93. The summed E-state index contributed by atoms with van der Waals surface area (Å²) in [4.78, 5) is 18.7. The average molecular weight is 244 g/mol. The summed E-state index contributed by atoms with van der Waals surface area (Å²) in [7, 11) is 0.